The van der Waals surface area contributed by atoms with Crippen molar-refractivity contribution in [3.05, 3.63) is 71.8 Å². The van der Waals surface area contributed by atoms with Gasteiger partial charge in [0.25, 0.3) is 0 Å². The summed E-state index contributed by atoms with van der Waals surface area (Å²) in [6.45, 7) is 4.11. The van der Waals surface area contributed by atoms with E-state index in [4.69, 9.17) is 0 Å². The van der Waals surface area contributed by atoms with Gasteiger partial charge in [0, 0.05) is 38.3 Å². The topological polar surface area (TPSA) is 26.7 Å². The summed E-state index contributed by atoms with van der Waals surface area (Å²) in [4.78, 5) is 5.18. The fourth-order valence-electron chi connectivity index (χ4n) is 4.45. The van der Waals surface area contributed by atoms with E-state index in [0.717, 1.165) is 45.4 Å². The summed E-state index contributed by atoms with van der Waals surface area (Å²) in [5.41, 5.74) is 2.82. The van der Waals surface area contributed by atoms with E-state index in [2.05, 4.69) is 70.5 Å². The van der Waals surface area contributed by atoms with Gasteiger partial charge in [-0.05, 0) is 30.4 Å². The van der Waals surface area contributed by atoms with Gasteiger partial charge in [0.15, 0.2) is 0 Å². The predicted molar refractivity (Wildman–Crippen MR) is 102 cm³/mol. The minimum atomic E-state index is -0.142. The number of piperazine rings is 1. The molecule has 0 aromatic heterocycles. The first-order valence-electron chi connectivity index (χ1n) is 9.52. The third kappa shape index (κ3) is 4.12. The molecule has 0 aliphatic carbocycles. The number of aliphatic hydroxyl groups excluding tert-OH is 1. The first-order valence-corrected chi connectivity index (χ1v) is 9.52. The average Bonchev–Trinajstić information content (AvgIpc) is 3.00. The summed E-state index contributed by atoms with van der Waals surface area (Å²) < 4.78 is 0. The summed E-state index contributed by atoms with van der Waals surface area (Å²) in [5, 5.41) is 10.1. The molecular weight excluding hydrogens is 308 g/mol. The van der Waals surface area contributed by atoms with Crippen LogP contribution in [0.3, 0.4) is 0 Å². The monoisotopic (exact) mass is 336 g/mol. The summed E-state index contributed by atoms with van der Waals surface area (Å²) >= 11 is 0. The van der Waals surface area contributed by atoms with Crippen molar-refractivity contribution in [1.29, 1.82) is 0 Å². The standard InChI is InChI=1S/C22H28N2O/c25-22-14-21-15-23(12-11-18-7-3-1-4-8-18)20(16-24(21)17-22)13-19-9-5-2-6-10-19/h1-10,20-22,25H,11-17H2/t20-,21-,22+/m0/s1. The van der Waals surface area contributed by atoms with Crippen molar-refractivity contribution < 1.29 is 5.11 Å². The van der Waals surface area contributed by atoms with Crippen molar-refractivity contribution in [3.63, 3.8) is 0 Å². The quantitative estimate of drug-likeness (QED) is 0.909. The molecule has 2 aliphatic rings. The van der Waals surface area contributed by atoms with Crippen molar-refractivity contribution in [2.45, 2.75) is 37.5 Å². The maximum absolute atomic E-state index is 10.1. The summed E-state index contributed by atoms with van der Waals surface area (Å²) in [6, 6.07) is 22.7. The van der Waals surface area contributed by atoms with Gasteiger partial charge in [0.05, 0.1) is 6.10 Å². The number of hydrogen-bond acceptors (Lipinski definition) is 3. The second-order valence-corrected chi connectivity index (χ2v) is 7.57. The molecule has 3 nitrogen and oxygen atoms in total. The van der Waals surface area contributed by atoms with Crippen molar-refractivity contribution in [2.24, 2.45) is 0 Å². The Hall–Kier alpha value is -1.68. The third-order valence-electron chi connectivity index (χ3n) is 5.76. The average molecular weight is 336 g/mol. The minimum absolute atomic E-state index is 0.142. The van der Waals surface area contributed by atoms with Gasteiger partial charge in [-0.2, -0.15) is 0 Å². The molecule has 2 fully saturated rings. The lowest BCUT2D eigenvalue weighted by atomic mass is 9.99. The Bertz CT molecular complexity index is 660. The molecule has 25 heavy (non-hydrogen) atoms. The Kier molecular flexibility index (Phi) is 5.16. The molecule has 0 radical (unpaired) electrons. The SMILES string of the molecule is O[C@@H]1C[C@H]2CN(CCc3ccccc3)[C@@H](Cc3ccccc3)CN2C1. The fraction of sp³-hybridized carbons (Fsp3) is 0.455. The molecule has 2 aromatic carbocycles. The lowest BCUT2D eigenvalue weighted by molar-refractivity contribution is 0.0508. The Morgan fingerprint density at radius 1 is 0.840 bits per heavy atom. The molecule has 2 aromatic rings. The summed E-state index contributed by atoms with van der Waals surface area (Å²) in [6.07, 6.45) is 2.98. The Morgan fingerprint density at radius 3 is 2.24 bits per heavy atom. The van der Waals surface area contributed by atoms with Gasteiger partial charge in [-0.25, -0.2) is 0 Å². The van der Waals surface area contributed by atoms with Crippen LogP contribution in [-0.2, 0) is 12.8 Å². The van der Waals surface area contributed by atoms with E-state index in [0.29, 0.717) is 12.1 Å². The number of fused-ring (bicyclic) bond motifs is 1. The first kappa shape index (κ1) is 16.8. The summed E-state index contributed by atoms with van der Waals surface area (Å²) in [7, 11) is 0. The van der Waals surface area contributed by atoms with Crippen molar-refractivity contribution in [3.8, 4) is 0 Å². The number of benzene rings is 2. The van der Waals surface area contributed by atoms with E-state index in [1.807, 2.05) is 0 Å². The highest BCUT2D eigenvalue weighted by atomic mass is 16.3. The van der Waals surface area contributed by atoms with Gasteiger partial charge in [0.1, 0.15) is 0 Å². The van der Waals surface area contributed by atoms with Crippen LogP contribution in [0.15, 0.2) is 60.7 Å². The van der Waals surface area contributed by atoms with Crippen LogP contribution in [0.2, 0.25) is 0 Å². The van der Waals surface area contributed by atoms with Crippen molar-refractivity contribution in [1.82, 2.24) is 9.80 Å². The normalized spacial score (nSPS) is 27.3. The molecule has 2 saturated heterocycles. The van der Waals surface area contributed by atoms with Crippen LogP contribution in [0.5, 0.6) is 0 Å². The van der Waals surface area contributed by atoms with Gasteiger partial charge in [0.2, 0.25) is 0 Å². The zero-order chi connectivity index (χ0) is 17.1. The van der Waals surface area contributed by atoms with Gasteiger partial charge in [-0.1, -0.05) is 60.7 Å². The third-order valence-corrected chi connectivity index (χ3v) is 5.76. The van der Waals surface area contributed by atoms with Gasteiger partial charge in [-0.15, -0.1) is 0 Å². The van der Waals surface area contributed by atoms with Crippen molar-refractivity contribution in [2.75, 3.05) is 26.2 Å². The maximum Gasteiger partial charge on any atom is 0.0682 e. The van der Waals surface area contributed by atoms with E-state index >= 15 is 0 Å². The molecule has 3 atom stereocenters. The molecule has 2 heterocycles. The number of hydrogen-bond donors (Lipinski definition) is 1. The zero-order valence-electron chi connectivity index (χ0n) is 14.8. The van der Waals surface area contributed by atoms with Crippen LogP contribution in [0.25, 0.3) is 0 Å². The molecule has 0 bridgehead atoms. The molecule has 3 heteroatoms. The second-order valence-electron chi connectivity index (χ2n) is 7.57. The zero-order valence-corrected chi connectivity index (χ0v) is 14.8. The van der Waals surface area contributed by atoms with Crippen LogP contribution in [0.4, 0.5) is 0 Å². The molecule has 0 spiro atoms. The molecule has 4 rings (SSSR count). The molecule has 0 saturated carbocycles. The van der Waals surface area contributed by atoms with Gasteiger partial charge >= 0.3 is 0 Å². The van der Waals surface area contributed by atoms with E-state index < -0.39 is 0 Å². The number of rotatable bonds is 5. The summed E-state index contributed by atoms with van der Waals surface area (Å²) in [5.74, 6) is 0. The van der Waals surface area contributed by atoms with E-state index in [-0.39, 0.29) is 6.10 Å². The lowest BCUT2D eigenvalue weighted by Gasteiger charge is -2.44. The Labute approximate surface area is 150 Å². The van der Waals surface area contributed by atoms with Crippen LogP contribution < -0.4 is 0 Å². The van der Waals surface area contributed by atoms with Crippen LogP contribution in [0.1, 0.15) is 17.5 Å². The second kappa shape index (κ2) is 7.69. The van der Waals surface area contributed by atoms with E-state index in [1.165, 1.54) is 11.1 Å². The first-order chi connectivity index (χ1) is 12.3. The van der Waals surface area contributed by atoms with Gasteiger partial charge < -0.3 is 5.11 Å². The molecule has 0 amide bonds. The smallest absolute Gasteiger partial charge is 0.0682 e. The van der Waals surface area contributed by atoms with Gasteiger partial charge in [-0.3, -0.25) is 9.80 Å². The molecule has 0 unspecified atom stereocenters. The largest absolute Gasteiger partial charge is 0.392 e. The Morgan fingerprint density at radius 2 is 1.52 bits per heavy atom. The molecule has 132 valence electrons. The van der Waals surface area contributed by atoms with Crippen molar-refractivity contribution >= 4 is 0 Å². The van der Waals surface area contributed by atoms with E-state index in [9.17, 15) is 5.11 Å². The number of nitrogens with zero attached hydrogens (tertiary/aromatic N) is 2. The lowest BCUT2D eigenvalue weighted by Crippen LogP contribution is -2.57. The van der Waals surface area contributed by atoms with Crippen LogP contribution in [0, 0.1) is 0 Å². The molecular formula is C22H28N2O. The van der Waals surface area contributed by atoms with E-state index in [1.54, 1.807) is 0 Å². The highest BCUT2D eigenvalue weighted by Crippen LogP contribution is 2.26. The van der Waals surface area contributed by atoms with Crippen LogP contribution in [-0.4, -0.2) is 59.3 Å². The van der Waals surface area contributed by atoms with Crippen LogP contribution >= 0.6 is 0 Å². The molecule has 1 N–H and O–H groups in total. The highest BCUT2D eigenvalue weighted by molar-refractivity contribution is 5.18. The number of aliphatic hydroxyl groups is 1. The highest BCUT2D eigenvalue weighted by Gasteiger charge is 2.39. The maximum atomic E-state index is 10.1. The Balaban J connectivity index is 1.46. The fourth-order valence-corrected chi connectivity index (χ4v) is 4.45. The minimum Gasteiger partial charge on any atom is -0.392 e. The predicted octanol–water partition coefficient (Wildman–Crippen LogP) is 2.59. The molecule has 2 aliphatic heterocycles.